The first-order chi connectivity index (χ1) is 5.79. The second kappa shape index (κ2) is 2.69. The van der Waals surface area contributed by atoms with Crippen molar-refractivity contribution >= 4 is 5.82 Å². The van der Waals surface area contributed by atoms with Crippen LogP contribution >= 0.6 is 0 Å². The highest BCUT2D eigenvalue weighted by Crippen LogP contribution is 2.22. The quantitative estimate of drug-likeness (QED) is 0.625. The second-order valence-corrected chi connectivity index (χ2v) is 3.07. The molecule has 0 unspecified atom stereocenters. The number of nitrogens with two attached hydrogens (primary N) is 1. The Morgan fingerprint density at radius 3 is 3.17 bits per heavy atom. The third-order valence-electron chi connectivity index (χ3n) is 2.16. The van der Waals surface area contributed by atoms with E-state index in [0.717, 1.165) is 37.5 Å². The lowest BCUT2D eigenvalue weighted by atomic mass is 10.3. The molecule has 66 valence electrons. The molecule has 2 heterocycles. The maximum absolute atomic E-state index is 5.81. The number of ether oxygens (including phenoxy) is 1. The van der Waals surface area contributed by atoms with Crippen LogP contribution in [0.3, 0.4) is 0 Å². The molecule has 0 aliphatic carbocycles. The summed E-state index contributed by atoms with van der Waals surface area (Å²) in [6.07, 6.45) is 2.20. The Labute approximate surface area is 71.3 Å². The Hall–Kier alpha value is -1.19. The molecular weight excluding hydrogens is 154 g/mol. The van der Waals surface area contributed by atoms with E-state index in [-0.39, 0.29) is 0 Å². The normalized spacial score (nSPS) is 16.4. The lowest BCUT2D eigenvalue weighted by molar-refractivity contribution is 0.294. The molecule has 0 aromatic carbocycles. The lowest BCUT2D eigenvalue weighted by Crippen LogP contribution is -2.02. The van der Waals surface area contributed by atoms with Crippen LogP contribution in [0.2, 0.25) is 0 Å². The number of nitrogen functional groups attached to an aromatic ring is 1. The van der Waals surface area contributed by atoms with Crippen molar-refractivity contribution in [2.45, 2.75) is 26.3 Å². The van der Waals surface area contributed by atoms with Crippen LogP contribution in [0.15, 0.2) is 0 Å². The van der Waals surface area contributed by atoms with E-state index in [1.54, 1.807) is 0 Å². The molecule has 1 aliphatic rings. The molecule has 0 fully saturated rings. The van der Waals surface area contributed by atoms with Gasteiger partial charge in [0.1, 0.15) is 5.82 Å². The summed E-state index contributed by atoms with van der Waals surface area (Å²) in [6, 6.07) is 0.683. The fraction of sp³-hybridized carbons (Fsp3) is 0.625. The highest BCUT2D eigenvalue weighted by molar-refractivity contribution is 5.39. The molecule has 2 N–H and O–H groups in total. The molecule has 2 rings (SSSR count). The summed E-state index contributed by atoms with van der Waals surface area (Å²) in [4.78, 5) is 4.23. The van der Waals surface area contributed by atoms with Crippen LogP contribution in [0.5, 0.6) is 6.01 Å². The van der Waals surface area contributed by atoms with Gasteiger partial charge in [0, 0.05) is 6.54 Å². The number of anilines is 1. The third kappa shape index (κ3) is 1.03. The summed E-state index contributed by atoms with van der Waals surface area (Å²) in [5.41, 5.74) is 6.68. The zero-order chi connectivity index (χ0) is 8.55. The van der Waals surface area contributed by atoms with E-state index in [0.29, 0.717) is 6.01 Å². The minimum absolute atomic E-state index is 0.683. The highest BCUT2D eigenvalue weighted by Gasteiger charge is 2.14. The molecule has 0 atom stereocenters. The van der Waals surface area contributed by atoms with Gasteiger partial charge >= 0.3 is 0 Å². The predicted molar refractivity (Wildman–Crippen MR) is 46.1 cm³/mol. The van der Waals surface area contributed by atoms with Gasteiger partial charge in [0.15, 0.2) is 0 Å². The number of rotatable bonds is 0. The van der Waals surface area contributed by atoms with E-state index in [4.69, 9.17) is 10.5 Å². The molecule has 1 aliphatic heterocycles. The van der Waals surface area contributed by atoms with Gasteiger partial charge in [0.25, 0.3) is 6.01 Å². The largest absolute Gasteiger partial charge is 0.465 e. The van der Waals surface area contributed by atoms with Crippen molar-refractivity contribution in [3.8, 4) is 6.01 Å². The Morgan fingerprint density at radius 1 is 1.50 bits per heavy atom. The number of aromatic nitrogens is 2. The minimum Gasteiger partial charge on any atom is -0.465 e. The van der Waals surface area contributed by atoms with Gasteiger partial charge < -0.3 is 10.5 Å². The molecule has 4 heteroatoms. The first kappa shape index (κ1) is 7.46. The van der Waals surface area contributed by atoms with Crippen LogP contribution in [0.25, 0.3) is 0 Å². The molecule has 0 radical (unpaired) electrons. The first-order valence-electron chi connectivity index (χ1n) is 4.24. The third-order valence-corrected chi connectivity index (χ3v) is 2.16. The average Bonchev–Trinajstić information content (AvgIpc) is 2.30. The van der Waals surface area contributed by atoms with Crippen molar-refractivity contribution in [3.05, 3.63) is 5.69 Å². The first-order valence-corrected chi connectivity index (χ1v) is 4.24. The number of nitrogens with zero attached hydrogens (tertiary/aromatic N) is 2. The van der Waals surface area contributed by atoms with Crippen molar-refractivity contribution in [1.82, 2.24) is 9.55 Å². The Kier molecular flexibility index (Phi) is 1.67. The monoisotopic (exact) mass is 167 g/mol. The molecule has 0 saturated heterocycles. The average molecular weight is 167 g/mol. The van der Waals surface area contributed by atoms with Crippen molar-refractivity contribution < 1.29 is 4.74 Å². The standard InChI is InChI=1S/C8H13N3O/c1-6-7(9)11-4-2-3-5-12-8(11)10-6/h2-5,9H2,1H3. The van der Waals surface area contributed by atoms with Crippen molar-refractivity contribution in [3.63, 3.8) is 0 Å². The van der Waals surface area contributed by atoms with Crippen LogP contribution < -0.4 is 10.5 Å². The minimum atomic E-state index is 0.683. The van der Waals surface area contributed by atoms with Gasteiger partial charge in [-0.25, -0.2) is 0 Å². The van der Waals surface area contributed by atoms with E-state index in [9.17, 15) is 0 Å². The maximum atomic E-state index is 5.81. The predicted octanol–water partition coefficient (Wildman–Crippen LogP) is 0.946. The van der Waals surface area contributed by atoms with Crippen molar-refractivity contribution in [2.24, 2.45) is 0 Å². The van der Waals surface area contributed by atoms with Gasteiger partial charge in [-0.05, 0) is 19.8 Å². The summed E-state index contributed by atoms with van der Waals surface area (Å²) in [5, 5.41) is 0. The molecule has 1 aromatic heterocycles. The molecule has 0 saturated carbocycles. The molecular formula is C8H13N3O. The van der Waals surface area contributed by atoms with Crippen molar-refractivity contribution in [2.75, 3.05) is 12.3 Å². The van der Waals surface area contributed by atoms with Crippen LogP contribution in [-0.2, 0) is 6.54 Å². The summed E-state index contributed by atoms with van der Waals surface area (Å²) in [6.45, 7) is 3.60. The van der Waals surface area contributed by atoms with Gasteiger partial charge in [-0.3, -0.25) is 4.57 Å². The number of imidazole rings is 1. The smallest absolute Gasteiger partial charge is 0.298 e. The zero-order valence-corrected chi connectivity index (χ0v) is 7.21. The van der Waals surface area contributed by atoms with E-state index in [2.05, 4.69) is 4.98 Å². The topological polar surface area (TPSA) is 53.1 Å². The molecule has 0 spiro atoms. The lowest BCUT2D eigenvalue weighted by Gasteiger charge is -2.03. The Balaban J connectivity index is 2.42. The number of fused-ring (bicyclic) bond motifs is 1. The molecule has 12 heavy (non-hydrogen) atoms. The van der Waals surface area contributed by atoms with Crippen LogP contribution in [0.1, 0.15) is 18.5 Å². The second-order valence-electron chi connectivity index (χ2n) is 3.07. The molecule has 0 amide bonds. The number of hydrogen-bond acceptors (Lipinski definition) is 3. The van der Waals surface area contributed by atoms with Gasteiger partial charge in [-0.15, -0.1) is 0 Å². The van der Waals surface area contributed by atoms with E-state index < -0.39 is 0 Å². The van der Waals surface area contributed by atoms with E-state index in [1.807, 2.05) is 11.5 Å². The number of aryl methyl sites for hydroxylation is 1. The van der Waals surface area contributed by atoms with Gasteiger partial charge in [-0.1, -0.05) is 0 Å². The zero-order valence-electron chi connectivity index (χ0n) is 7.21. The summed E-state index contributed by atoms with van der Waals surface area (Å²) < 4.78 is 7.37. The summed E-state index contributed by atoms with van der Waals surface area (Å²) >= 11 is 0. The van der Waals surface area contributed by atoms with Crippen LogP contribution in [-0.4, -0.2) is 16.2 Å². The fourth-order valence-electron chi connectivity index (χ4n) is 1.42. The molecule has 1 aromatic rings. The number of hydrogen-bond donors (Lipinski definition) is 1. The fourth-order valence-corrected chi connectivity index (χ4v) is 1.42. The van der Waals surface area contributed by atoms with Crippen molar-refractivity contribution in [1.29, 1.82) is 0 Å². The van der Waals surface area contributed by atoms with Gasteiger partial charge in [0.05, 0.1) is 12.3 Å². The molecule has 0 bridgehead atoms. The summed E-state index contributed by atoms with van der Waals surface area (Å²) in [7, 11) is 0. The Bertz CT molecular complexity index is 293. The maximum Gasteiger partial charge on any atom is 0.298 e. The Morgan fingerprint density at radius 2 is 2.33 bits per heavy atom. The van der Waals surface area contributed by atoms with Crippen LogP contribution in [0.4, 0.5) is 5.82 Å². The van der Waals surface area contributed by atoms with Crippen LogP contribution in [0, 0.1) is 6.92 Å². The van der Waals surface area contributed by atoms with E-state index >= 15 is 0 Å². The van der Waals surface area contributed by atoms with Gasteiger partial charge in [0.2, 0.25) is 0 Å². The summed E-state index contributed by atoms with van der Waals surface area (Å²) in [5.74, 6) is 0.743. The highest BCUT2D eigenvalue weighted by atomic mass is 16.5. The van der Waals surface area contributed by atoms with Gasteiger partial charge in [-0.2, -0.15) is 4.98 Å². The molecule has 4 nitrogen and oxygen atoms in total. The SMILES string of the molecule is Cc1nc2n(c1N)CCCCO2. The van der Waals surface area contributed by atoms with E-state index in [1.165, 1.54) is 0 Å².